The fourth-order valence-electron chi connectivity index (χ4n) is 3.07. The van der Waals surface area contributed by atoms with Crippen LogP contribution in [-0.4, -0.2) is 41.5 Å². The van der Waals surface area contributed by atoms with Gasteiger partial charge >= 0.3 is 0 Å². The summed E-state index contributed by atoms with van der Waals surface area (Å²) in [4.78, 5) is 26.4. The van der Waals surface area contributed by atoms with Crippen LogP contribution in [-0.2, 0) is 4.79 Å². The molecule has 130 valence electrons. The molecule has 24 heavy (non-hydrogen) atoms. The van der Waals surface area contributed by atoms with Crippen molar-refractivity contribution in [2.45, 2.75) is 32.1 Å². The Balaban J connectivity index is 2.05. The molecule has 0 spiro atoms. The van der Waals surface area contributed by atoms with E-state index in [0.29, 0.717) is 17.8 Å². The van der Waals surface area contributed by atoms with Gasteiger partial charge in [0.05, 0.1) is 6.61 Å². The first-order valence-corrected chi connectivity index (χ1v) is 8.57. The maximum Gasteiger partial charge on any atom is 0.254 e. The molecule has 2 N–H and O–H groups in total. The summed E-state index contributed by atoms with van der Waals surface area (Å²) in [5.74, 6) is -0.0694. The molecule has 5 heteroatoms. The number of carbonyl (C=O) groups is 2. The van der Waals surface area contributed by atoms with Crippen molar-refractivity contribution in [2.24, 2.45) is 5.92 Å². The van der Waals surface area contributed by atoms with Gasteiger partial charge < -0.3 is 15.3 Å². The fraction of sp³-hybridized carbons (Fsp3) is 0.474. The molecule has 0 aliphatic heterocycles. The van der Waals surface area contributed by atoms with E-state index in [4.69, 9.17) is 5.11 Å². The van der Waals surface area contributed by atoms with Crippen LogP contribution in [0, 0.1) is 5.92 Å². The number of hydrogen-bond donors (Lipinski definition) is 2. The van der Waals surface area contributed by atoms with Crippen molar-refractivity contribution in [1.29, 1.82) is 0 Å². The highest BCUT2D eigenvalue weighted by Gasteiger charge is 2.21. The van der Waals surface area contributed by atoms with Gasteiger partial charge in [0.2, 0.25) is 5.91 Å². The molecule has 2 rings (SSSR count). The van der Waals surface area contributed by atoms with Gasteiger partial charge in [0.25, 0.3) is 5.91 Å². The van der Waals surface area contributed by atoms with E-state index in [2.05, 4.69) is 11.9 Å². The SMILES string of the molecule is C=CCN(CCO)C(=O)c1cccc(NC(=O)C2CCCCC2)c1. The highest BCUT2D eigenvalue weighted by Crippen LogP contribution is 2.25. The standard InChI is InChI=1S/C19H26N2O3/c1-2-11-21(12-13-22)19(24)16-9-6-10-17(14-16)20-18(23)15-7-4-3-5-8-15/h2,6,9-10,14-15,22H,1,3-5,7-8,11-13H2,(H,20,23). The van der Waals surface area contributed by atoms with E-state index < -0.39 is 0 Å². The first-order valence-electron chi connectivity index (χ1n) is 8.57. The van der Waals surface area contributed by atoms with Crippen molar-refractivity contribution in [3.63, 3.8) is 0 Å². The number of rotatable bonds is 7. The third-order valence-electron chi connectivity index (χ3n) is 4.36. The van der Waals surface area contributed by atoms with Gasteiger partial charge in [-0.05, 0) is 31.0 Å². The van der Waals surface area contributed by atoms with Gasteiger partial charge in [0.15, 0.2) is 0 Å². The number of amides is 2. The molecule has 1 aromatic carbocycles. The summed E-state index contributed by atoms with van der Waals surface area (Å²) >= 11 is 0. The Hall–Kier alpha value is -2.14. The number of hydrogen-bond acceptors (Lipinski definition) is 3. The summed E-state index contributed by atoms with van der Waals surface area (Å²) in [6, 6.07) is 6.96. The van der Waals surface area contributed by atoms with Crippen LogP contribution in [0.4, 0.5) is 5.69 Å². The number of aliphatic hydroxyl groups excluding tert-OH is 1. The van der Waals surface area contributed by atoms with E-state index in [1.54, 1.807) is 30.3 Å². The Labute approximate surface area is 143 Å². The molecule has 0 saturated heterocycles. The van der Waals surface area contributed by atoms with Gasteiger partial charge in [0.1, 0.15) is 0 Å². The minimum atomic E-state index is -0.183. The third kappa shape index (κ3) is 4.93. The van der Waals surface area contributed by atoms with Crippen LogP contribution < -0.4 is 5.32 Å². The quantitative estimate of drug-likeness (QED) is 0.755. The maximum absolute atomic E-state index is 12.5. The maximum atomic E-state index is 12.5. The van der Waals surface area contributed by atoms with E-state index in [1.165, 1.54) is 11.3 Å². The Morgan fingerprint density at radius 2 is 2.04 bits per heavy atom. The highest BCUT2D eigenvalue weighted by molar-refractivity contribution is 5.97. The summed E-state index contributed by atoms with van der Waals surface area (Å²) in [6.07, 6.45) is 6.92. The molecule has 1 aromatic rings. The van der Waals surface area contributed by atoms with Gasteiger partial charge in [-0.3, -0.25) is 9.59 Å². The van der Waals surface area contributed by atoms with Gasteiger partial charge in [-0.15, -0.1) is 6.58 Å². The lowest BCUT2D eigenvalue weighted by Gasteiger charge is -2.22. The van der Waals surface area contributed by atoms with E-state index in [0.717, 1.165) is 25.7 Å². The zero-order chi connectivity index (χ0) is 17.4. The van der Waals surface area contributed by atoms with Crippen molar-refractivity contribution in [1.82, 2.24) is 4.90 Å². The van der Waals surface area contributed by atoms with Gasteiger partial charge in [-0.2, -0.15) is 0 Å². The molecule has 1 aliphatic carbocycles. The molecular weight excluding hydrogens is 304 g/mol. The lowest BCUT2D eigenvalue weighted by Crippen LogP contribution is -2.33. The number of anilines is 1. The molecule has 5 nitrogen and oxygen atoms in total. The van der Waals surface area contributed by atoms with E-state index in [-0.39, 0.29) is 30.9 Å². The second kappa shape index (κ2) is 9.23. The summed E-state index contributed by atoms with van der Waals surface area (Å²) in [5, 5.41) is 12.0. The van der Waals surface area contributed by atoms with Crippen LogP contribution in [0.2, 0.25) is 0 Å². The third-order valence-corrected chi connectivity index (χ3v) is 4.36. The molecule has 2 amide bonds. The second-order valence-corrected chi connectivity index (χ2v) is 6.17. The smallest absolute Gasteiger partial charge is 0.254 e. The van der Waals surface area contributed by atoms with Crippen molar-refractivity contribution in [2.75, 3.05) is 25.0 Å². The van der Waals surface area contributed by atoms with E-state index in [9.17, 15) is 9.59 Å². The molecule has 1 fully saturated rings. The first-order chi connectivity index (χ1) is 11.7. The minimum Gasteiger partial charge on any atom is -0.395 e. The Kier molecular flexibility index (Phi) is 7.00. The van der Waals surface area contributed by atoms with Crippen molar-refractivity contribution >= 4 is 17.5 Å². The van der Waals surface area contributed by atoms with Crippen molar-refractivity contribution in [3.8, 4) is 0 Å². The number of nitrogens with one attached hydrogen (secondary N) is 1. The summed E-state index contributed by atoms with van der Waals surface area (Å²) < 4.78 is 0. The zero-order valence-corrected chi connectivity index (χ0v) is 14.0. The number of aliphatic hydroxyl groups is 1. The summed E-state index contributed by atoms with van der Waals surface area (Å²) in [6.45, 7) is 4.16. The normalized spacial score (nSPS) is 14.9. The van der Waals surface area contributed by atoms with Crippen LogP contribution in [0.1, 0.15) is 42.5 Å². The monoisotopic (exact) mass is 330 g/mol. The first kappa shape index (κ1) is 18.2. The predicted octanol–water partition coefficient (Wildman–Crippen LogP) is 2.83. The molecule has 1 aliphatic rings. The van der Waals surface area contributed by atoms with E-state index in [1.807, 2.05) is 0 Å². The zero-order valence-electron chi connectivity index (χ0n) is 14.0. The average molecular weight is 330 g/mol. The Morgan fingerprint density at radius 1 is 1.29 bits per heavy atom. The predicted molar refractivity (Wildman–Crippen MR) is 94.8 cm³/mol. The highest BCUT2D eigenvalue weighted by atomic mass is 16.3. The van der Waals surface area contributed by atoms with Crippen molar-refractivity contribution in [3.05, 3.63) is 42.5 Å². The van der Waals surface area contributed by atoms with Crippen LogP contribution in [0.5, 0.6) is 0 Å². The minimum absolute atomic E-state index is 0.0394. The van der Waals surface area contributed by atoms with Crippen LogP contribution >= 0.6 is 0 Å². The largest absolute Gasteiger partial charge is 0.395 e. The molecular formula is C19H26N2O3. The van der Waals surface area contributed by atoms with Crippen LogP contribution in [0.3, 0.4) is 0 Å². The Bertz CT molecular complexity index is 580. The lowest BCUT2D eigenvalue weighted by molar-refractivity contribution is -0.120. The Morgan fingerprint density at radius 3 is 2.71 bits per heavy atom. The van der Waals surface area contributed by atoms with Gasteiger partial charge in [-0.1, -0.05) is 31.4 Å². The fourth-order valence-corrected chi connectivity index (χ4v) is 3.07. The van der Waals surface area contributed by atoms with Gasteiger partial charge in [-0.25, -0.2) is 0 Å². The summed E-state index contributed by atoms with van der Waals surface area (Å²) in [5.41, 5.74) is 1.13. The van der Waals surface area contributed by atoms with Gasteiger partial charge in [0, 0.05) is 30.3 Å². The summed E-state index contributed by atoms with van der Waals surface area (Å²) in [7, 11) is 0. The second-order valence-electron chi connectivity index (χ2n) is 6.17. The van der Waals surface area contributed by atoms with Crippen molar-refractivity contribution < 1.29 is 14.7 Å². The molecule has 0 bridgehead atoms. The molecule has 0 heterocycles. The molecule has 1 saturated carbocycles. The van der Waals surface area contributed by atoms with Crippen LogP contribution in [0.25, 0.3) is 0 Å². The molecule has 0 atom stereocenters. The number of carbonyl (C=O) groups excluding carboxylic acids is 2. The van der Waals surface area contributed by atoms with Crippen LogP contribution in [0.15, 0.2) is 36.9 Å². The topological polar surface area (TPSA) is 69.6 Å². The number of nitrogens with zero attached hydrogens (tertiary/aromatic N) is 1. The molecule has 0 unspecified atom stereocenters. The lowest BCUT2D eigenvalue weighted by atomic mass is 9.88. The average Bonchev–Trinajstić information content (AvgIpc) is 2.62. The molecule has 0 radical (unpaired) electrons. The van der Waals surface area contributed by atoms with E-state index >= 15 is 0 Å². The molecule has 0 aromatic heterocycles. The number of benzene rings is 1.